The van der Waals surface area contributed by atoms with Gasteiger partial charge in [-0.1, -0.05) is 43.1 Å². The zero-order chi connectivity index (χ0) is 17.5. The van der Waals surface area contributed by atoms with E-state index < -0.39 is 0 Å². The Morgan fingerprint density at radius 3 is 2.52 bits per heavy atom. The molecule has 0 aromatic heterocycles. The maximum atomic E-state index is 11.1. The summed E-state index contributed by atoms with van der Waals surface area (Å²) in [6.07, 6.45) is 6.74. The highest BCUT2D eigenvalue weighted by Gasteiger charge is 2.27. The third-order valence-corrected chi connectivity index (χ3v) is 3.94. The SMILES string of the molecule is COC(=O)/C=C(\C)C#C/C=C(\C)C#CC1=C(C)CCCC1(C)C. The standard InChI is InChI=1S/C21H26O2/c1-16(9-7-10-17(2)15-20(22)23-6)12-13-19-18(3)11-8-14-21(19,4)5/h9,15H,8,11,14H2,1-6H3/b16-9+,17-15+. The first-order valence-electron chi connectivity index (χ1n) is 7.93. The molecule has 0 aromatic carbocycles. The van der Waals surface area contributed by atoms with E-state index in [0.29, 0.717) is 5.57 Å². The predicted octanol–water partition coefficient (Wildman–Crippen LogP) is 4.59. The van der Waals surface area contributed by atoms with Gasteiger partial charge in [-0.2, -0.15) is 0 Å². The summed E-state index contributed by atoms with van der Waals surface area (Å²) in [4.78, 5) is 11.1. The van der Waals surface area contributed by atoms with E-state index in [1.54, 1.807) is 13.0 Å². The summed E-state index contributed by atoms with van der Waals surface area (Å²) in [5.74, 6) is 12.0. The van der Waals surface area contributed by atoms with Gasteiger partial charge in [-0.15, -0.1) is 0 Å². The molecule has 2 nitrogen and oxygen atoms in total. The van der Waals surface area contributed by atoms with Gasteiger partial charge in [-0.3, -0.25) is 0 Å². The quantitative estimate of drug-likeness (QED) is 0.402. The number of carbonyl (C=O) groups is 1. The van der Waals surface area contributed by atoms with E-state index in [1.807, 2.05) is 6.92 Å². The van der Waals surface area contributed by atoms with Gasteiger partial charge < -0.3 is 4.74 Å². The van der Waals surface area contributed by atoms with Gasteiger partial charge in [0, 0.05) is 22.8 Å². The summed E-state index contributed by atoms with van der Waals surface area (Å²) in [5.41, 5.74) is 4.43. The predicted molar refractivity (Wildman–Crippen MR) is 95.4 cm³/mol. The first-order valence-corrected chi connectivity index (χ1v) is 7.93. The Bertz CT molecular complexity index is 677. The van der Waals surface area contributed by atoms with Gasteiger partial charge in [0.2, 0.25) is 0 Å². The lowest BCUT2D eigenvalue weighted by Crippen LogP contribution is -2.19. The topological polar surface area (TPSA) is 26.3 Å². The molecule has 0 aromatic rings. The molecule has 0 spiro atoms. The Morgan fingerprint density at radius 2 is 1.91 bits per heavy atom. The van der Waals surface area contributed by atoms with Crippen LogP contribution in [0, 0.1) is 29.1 Å². The third-order valence-electron chi connectivity index (χ3n) is 3.94. The van der Waals surface area contributed by atoms with Crippen LogP contribution < -0.4 is 0 Å². The largest absolute Gasteiger partial charge is 0.466 e. The van der Waals surface area contributed by atoms with Gasteiger partial charge in [-0.05, 0) is 51.5 Å². The van der Waals surface area contributed by atoms with Crippen LogP contribution in [0.1, 0.15) is 53.9 Å². The average molecular weight is 310 g/mol. The van der Waals surface area contributed by atoms with E-state index in [9.17, 15) is 4.79 Å². The van der Waals surface area contributed by atoms with E-state index in [0.717, 1.165) is 12.0 Å². The van der Waals surface area contributed by atoms with E-state index in [4.69, 9.17) is 0 Å². The second-order valence-corrected chi connectivity index (χ2v) is 6.59. The Balaban J connectivity index is 2.88. The van der Waals surface area contributed by atoms with Crippen LogP contribution in [0.3, 0.4) is 0 Å². The molecule has 1 rings (SSSR count). The highest BCUT2D eigenvalue weighted by molar-refractivity contribution is 5.83. The maximum Gasteiger partial charge on any atom is 0.331 e. The zero-order valence-corrected chi connectivity index (χ0v) is 15.1. The van der Waals surface area contributed by atoms with Crippen molar-refractivity contribution < 1.29 is 9.53 Å². The summed E-state index contributed by atoms with van der Waals surface area (Å²) < 4.78 is 4.56. The van der Waals surface area contributed by atoms with Crippen molar-refractivity contribution in [3.05, 3.63) is 34.4 Å². The van der Waals surface area contributed by atoms with Crippen LogP contribution in [0.5, 0.6) is 0 Å². The second kappa shape index (κ2) is 8.44. The lowest BCUT2D eigenvalue weighted by atomic mass is 9.73. The van der Waals surface area contributed by atoms with Gasteiger partial charge in [0.25, 0.3) is 0 Å². The highest BCUT2D eigenvalue weighted by Crippen LogP contribution is 2.39. The molecule has 122 valence electrons. The first kappa shape index (κ1) is 18.9. The lowest BCUT2D eigenvalue weighted by Gasteiger charge is -2.31. The fourth-order valence-electron chi connectivity index (χ4n) is 2.63. The summed E-state index contributed by atoms with van der Waals surface area (Å²) >= 11 is 0. The number of hydrogen-bond acceptors (Lipinski definition) is 2. The van der Waals surface area contributed by atoms with Crippen molar-refractivity contribution in [2.24, 2.45) is 5.41 Å². The van der Waals surface area contributed by atoms with Crippen molar-refractivity contribution in [1.82, 2.24) is 0 Å². The molecule has 0 heterocycles. The molecule has 0 atom stereocenters. The Kier molecular flexibility index (Phi) is 6.92. The van der Waals surface area contributed by atoms with Crippen LogP contribution in [-0.4, -0.2) is 13.1 Å². The van der Waals surface area contributed by atoms with E-state index in [-0.39, 0.29) is 11.4 Å². The fourth-order valence-corrected chi connectivity index (χ4v) is 2.63. The zero-order valence-electron chi connectivity index (χ0n) is 15.1. The minimum Gasteiger partial charge on any atom is -0.466 e. The number of methoxy groups -OCH3 is 1. The minimum absolute atomic E-state index is 0.168. The maximum absolute atomic E-state index is 11.1. The van der Waals surface area contributed by atoms with Crippen molar-refractivity contribution >= 4 is 5.97 Å². The number of esters is 1. The molecule has 0 saturated heterocycles. The molecule has 2 heteroatoms. The molecule has 0 bridgehead atoms. The van der Waals surface area contributed by atoms with Gasteiger partial charge in [0.15, 0.2) is 0 Å². The summed E-state index contributed by atoms with van der Waals surface area (Å²) in [5, 5.41) is 0. The average Bonchev–Trinajstić information content (AvgIpc) is 2.45. The molecule has 0 amide bonds. The van der Waals surface area contributed by atoms with Crippen molar-refractivity contribution in [3.8, 4) is 23.7 Å². The van der Waals surface area contributed by atoms with Crippen molar-refractivity contribution in [2.45, 2.75) is 53.9 Å². The van der Waals surface area contributed by atoms with Crippen LogP contribution in [-0.2, 0) is 9.53 Å². The third kappa shape index (κ3) is 6.21. The molecule has 0 N–H and O–H groups in total. The van der Waals surface area contributed by atoms with Crippen molar-refractivity contribution in [1.29, 1.82) is 0 Å². The van der Waals surface area contributed by atoms with Gasteiger partial charge >= 0.3 is 5.97 Å². The first-order chi connectivity index (χ1) is 10.8. The monoisotopic (exact) mass is 310 g/mol. The number of carbonyl (C=O) groups excluding carboxylic acids is 1. The Morgan fingerprint density at radius 1 is 1.22 bits per heavy atom. The minimum atomic E-state index is -0.390. The number of hydrogen-bond donors (Lipinski definition) is 0. The number of rotatable bonds is 1. The molecule has 0 unspecified atom stereocenters. The van der Waals surface area contributed by atoms with Crippen LogP contribution >= 0.6 is 0 Å². The highest BCUT2D eigenvalue weighted by atomic mass is 16.5. The van der Waals surface area contributed by atoms with Crippen LogP contribution in [0.15, 0.2) is 34.4 Å². The van der Waals surface area contributed by atoms with Gasteiger partial charge in [0.1, 0.15) is 0 Å². The molecule has 23 heavy (non-hydrogen) atoms. The van der Waals surface area contributed by atoms with Crippen LogP contribution in [0.25, 0.3) is 0 Å². The lowest BCUT2D eigenvalue weighted by molar-refractivity contribution is -0.134. The van der Waals surface area contributed by atoms with Crippen molar-refractivity contribution in [3.63, 3.8) is 0 Å². The van der Waals surface area contributed by atoms with Crippen molar-refractivity contribution in [2.75, 3.05) is 7.11 Å². The molecule has 0 radical (unpaired) electrons. The molecule has 1 aliphatic carbocycles. The number of allylic oxidation sites excluding steroid dienone is 5. The Labute approximate surface area is 140 Å². The molecule has 0 aliphatic heterocycles. The summed E-state index contributed by atoms with van der Waals surface area (Å²) in [6.45, 7) is 10.4. The van der Waals surface area contributed by atoms with E-state index in [2.05, 4.69) is 49.2 Å². The fraction of sp³-hybridized carbons (Fsp3) is 0.476. The summed E-state index contributed by atoms with van der Waals surface area (Å²) in [7, 11) is 1.35. The normalized spacial score (nSPS) is 17.7. The smallest absolute Gasteiger partial charge is 0.331 e. The van der Waals surface area contributed by atoms with Gasteiger partial charge in [-0.25, -0.2) is 4.79 Å². The molecule has 0 saturated carbocycles. The molecular weight excluding hydrogens is 284 g/mol. The summed E-state index contributed by atoms with van der Waals surface area (Å²) in [6, 6.07) is 0. The van der Waals surface area contributed by atoms with Crippen LogP contribution in [0.4, 0.5) is 0 Å². The molecule has 1 aliphatic rings. The van der Waals surface area contributed by atoms with E-state index in [1.165, 1.54) is 37.2 Å². The Hall–Kier alpha value is -2.19. The van der Waals surface area contributed by atoms with Crippen LogP contribution in [0.2, 0.25) is 0 Å². The molecular formula is C21H26O2. The second-order valence-electron chi connectivity index (χ2n) is 6.59. The van der Waals surface area contributed by atoms with Gasteiger partial charge in [0.05, 0.1) is 7.11 Å². The molecule has 0 fully saturated rings. The number of ether oxygens (including phenoxy) is 1. The van der Waals surface area contributed by atoms with E-state index >= 15 is 0 Å².